The first-order valence-electron chi connectivity index (χ1n) is 3.33. The van der Waals surface area contributed by atoms with Gasteiger partial charge >= 0.3 is 0 Å². The van der Waals surface area contributed by atoms with Crippen LogP contribution in [0.4, 0.5) is 0 Å². The first-order valence-corrected chi connectivity index (χ1v) is 4.32. The van der Waals surface area contributed by atoms with Crippen molar-refractivity contribution in [2.24, 2.45) is 0 Å². The summed E-state index contributed by atoms with van der Waals surface area (Å²) in [6.45, 7) is 0. The number of allylic oxidation sites excluding steroid dienone is 6. The normalized spacial score (nSPS) is 33.2. The van der Waals surface area contributed by atoms with Crippen molar-refractivity contribution in [3.8, 4) is 0 Å². The van der Waals surface area contributed by atoms with E-state index in [0.29, 0.717) is 0 Å². The summed E-state index contributed by atoms with van der Waals surface area (Å²) in [5.74, 6) is 1.14. The molecule has 0 atom stereocenters. The number of hydrogen-bond donors (Lipinski definition) is 0. The monoisotopic (exact) mass is 148 g/mol. The maximum absolute atomic E-state index is 2.24. The summed E-state index contributed by atoms with van der Waals surface area (Å²) in [5, 5.41) is 0. The van der Waals surface area contributed by atoms with Gasteiger partial charge in [0.25, 0.3) is 0 Å². The van der Waals surface area contributed by atoms with E-state index in [-0.39, 0.29) is 0 Å². The SMILES string of the molecule is C1=C2\C=C/C=C\C=C1/SC2. The second kappa shape index (κ2) is 2.51. The van der Waals surface area contributed by atoms with Gasteiger partial charge in [0.2, 0.25) is 0 Å². The van der Waals surface area contributed by atoms with Crippen LogP contribution in [-0.4, -0.2) is 5.75 Å². The topological polar surface area (TPSA) is 0 Å². The first kappa shape index (κ1) is 6.05. The largest absolute Gasteiger partial charge is 0.121 e. The quantitative estimate of drug-likeness (QED) is 0.509. The van der Waals surface area contributed by atoms with Gasteiger partial charge in [0.15, 0.2) is 0 Å². The lowest BCUT2D eigenvalue weighted by molar-refractivity contribution is 1.57. The fraction of sp³-hybridized carbons (Fsp3) is 0.111. The minimum atomic E-state index is 1.14. The molecule has 1 aliphatic carbocycles. The Morgan fingerprint density at radius 3 is 3.20 bits per heavy atom. The molecule has 0 nitrogen and oxygen atoms in total. The lowest BCUT2D eigenvalue weighted by Gasteiger charge is -1.86. The molecule has 50 valence electrons. The zero-order valence-electron chi connectivity index (χ0n) is 5.58. The minimum Gasteiger partial charge on any atom is -0.121 e. The highest BCUT2D eigenvalue weighted by Crippen LogP contribution is 2.30. The van der Waals surface area contributed by atoms with Crippen LogP contribution in [0.25, 0.3) is 0 Å². The van der Waals surface area contributed by atoms with Gasteiger partial charge in [-0.2, -0.15) is 0 Å². The van der Waals surface area contributed by atoms with E-state index in [9.17, 15) is 0 Å². The van der Waals surface area contributed by atoms with E-state index in [1.807, 2.05) is 11.8 Å². The van der Waals surface area contributed by atoms with Gasteiger partial charge in [0.1, 0.15) is 0 Å². The van der Waals surface area contributed by atoms with Gasteiger partial charge in [-0.25, -0.2) is 0 Å². The zero-order chi connectivity index (χ0) is 6.81. The molecule has 2 bridgehead atoms. The van der Waals surface area contributed by atoms with Crippen LogP contribution < -0.4 is 0 Å². The fourth-order valence-corrected chi connectivity index (χ4v) is 1.94. The van der Waals surface area contributed by atoms with Crippen LogP contribution in [0.3, 0.4) is 0 Å². The van der Waals surface area contributed by atoms with Crippen LogP contribution in [0.1, 0.15) is 0 Å². The fourth-order valence-electron chi connectivity index (χ4n) is 1.02. The van der Waals surface area contributed by atoms with Gasteiger partial charge in [-0.05, 0) is 17.7 Å². The first-order chi connectivity index (χ1) is 4.95. The van der Waals surface area contributed by atoms with Gasteiger partial charge in [0, 0.05) is 10.7 Å². The van der Waals surface area contributed by atoms with Gasteiger partial charge < -0.3 is 0 Å². The van der Waals surface area contributed by atoms with Crippen molar-refractivity contribution in [3.05, 3.63) is 46.9 Å². The summed E-state index contributed by atoms with van der Waals surface area (Å²) in [7, 11) is 0. The number of hydrogen-bond acceptors (Lipinski definition) is 1. The van der Waals surface area contributed by atoms with Crippen molar-refractivity contribution in [1.82, 2.24) is 0 Å². The highest BCUT2D eigenvalue weighted by atomic mass is 32.2. The van der Waals surface area contributed by atoms with E-state index in [0.717, 1.165) is 5.75 Å². The van der Waals surface area contributed by atoms with Crippen LogP contribution >= 0.6 is 11.8 Å². The van der Waals surface area contributed by atoms with Crippen LogP contribution in [0, 0.1) is 0 Å². The van der Waals surface area contributed by atoms with Crippen molar-refractivity contribution < 1.29 is 0 Å². The van der Waals surface area contributed by atoms with Crippen molar-refractivity contribution in [2.75, 3.05) is 5.75 Å². The van der Waals surface area contributed by atoms with E-state index >= 15 is 0 Å². The molecule has 0 aromatic carbocycles. The van der Waals surface area contributed by atoms with Crippen molar-refractivity contribution in [2.45, 2.75) is 0 Å². The Morgan fingerprint density at radius 2 is 2.20 bits per heavy atom. The predicted octanol–water partition coefficient (Wildman–Crippen LogP) is 2.67. The van der Waals surface area contributed by atoms with E-state index in [4.69, 9.17) is 0 Å². The molecule has 0 aromatic rings. The molecule has 0 radical (unpaired) electrons. The molecular weight excluding hydrogens is 140 g/mol. The standard InChI is InChI=1S/C9H8S/c1-2-4-8-6-9(5-3-1)10-7-8/h1-6H,7H2/b2-1?,3-1-,4-2-,5-3?,8-4?,9-5-. The Hall–Kier alpha value is -0.690. The van der Waals surface area contributed by atoms with Crippen LogP contribution in [0.2, 0.25) is 0 Å². The molecule has 1 aliphatic heterocycles. The van der Waals surface area contributed by atoms with Gasteiger partial charge in [-0.1, -0.05) is 24.3 Å². The Labute approximate surface area is 65.0 Å². The summed E-state index contributed by atoms with van der Waals surface area (Å²) >= 11 is 1.91. The Morgan fingerprint density at radius 1 is 1.20 bits per heavy atom. The molecule has 1 heteroatoms. The summed E-state index contributed by atoms with van der Waals surface area (Å²) in [4.78, 5) is 1.38. The molecule has 2 aliphatic rings. The minimum absolute atomic E-state index is 1.14. The molecule has 0 amide bonds. The third-order valence-electron chi connectivity index (χ3n) is 1.53. The molecule has 0 spiro atoms. The van der Waals surface area contributed by atoms with Crippen LogP contribution in [-0.2, 0) is 0 Å². The maximum Gasteiger partial charge on any atom is 0.0232 e. The van der Waals surface area contributed by atoms with Crippen LogP contribution in [0.5, 0.6) is 0 Å². The third-order valence-corrected chi connectivity index (χ3v) is 2.59. The lowest BCUT2D eigenvalue weighted by Crippen LogP contribution is -1.72. The molecule has 0 saturated carbocycles. The maximum atomic E-state index is 2.24. The molecule has 2 rings (SSSR count). The van der Waals surface area contributed by atoms with Crippen molar-refractivity contribution in [1.29, 1.82) is 0 Å². The number of thioether (sulfide) groups is 1. The smallest absolute Gasteiger partial charge is 0.0232 e. The van der Waals surface area contributed by atoms with Gasteiger partial charge in [0.05, 0.1) is 0 Å². The molecule has 0 saturated heterocycles. The van der Waals surface area contributed by atoms with E-state index in [2.05, 4.69) is 36.5 Å². The molecule has 1 heterocycles. The molecule has 0 aromatic heterocycles. The van der Waals surface area contributed by atoms with Gasteiger partial charge in [-0.15, -0.1) is 11.8 Å². The van der Waals surface area contributed by atoms with E-state index < -0.39 is 0 Å². The molecule has 10 heavy (non-hydrogen) atoms. The average Bonchev–Trinajstić information content (AvgIpc) is 2.30. The second-order valence-corrected chi connectivity index (χ2v) is 3.37. The van der Waals surface area contributed by atoms with Crippen molar-refractivity contribution in [3.63, 3.8) is 0 Å². The number of rotatable bonds is 0. The second-order valence-electron chi connectivity index (χ2n) is 2.32. The third kappa shape index (κ3) is 1.09. The predicted molar refractivity (Wildman–Crippen MR) is 46.9 cm³/mol. The molecule has 0 fully saturated rings. The van der Waals surface area contributed by atoms with Crippen molar-refractivity contribution >= 4 is 11.8 Å². The van der Waals surface area contributed by atoms with Gasteiger partial charge in [-0.3, -0.25) is 0 Å². The number of fused-ring (bicyclic) bond motifs is 1. The van der Waals surface area contributed by atoms with Crippen LogP contribution in [0.15, 0.2) is 46.9 Å². The Kier molecular flexibility index (Phi) is 1.52. The molecule has 0 N–H and O–H groups in total. The summed E-state index contributed by atoms with van der Waals surface area (Å²) < 4.78 is 0. The highest BCUT2D eigenvalue weighted by Gasteiger charge is 2.06. The average molecular weight is 148 g/mol. The lowest BCUT2D eigenvalue weighted by atomic mass is 10.2. The summed E-state index contributed by atoms with van der Waals surface area (Å²) in [6, 6.07) is 0. The Bertz CT molecular complexity index is 254. The zero-order valence-corrected chi connectivity index (χ0v) is 6.40. The summed E-state index contributed by atoms with van der Waals surface area (Å²) in [5.41, 5.74) is 1.43. The highest BCUT2D eigenvalue weighted by molar-refractivity contribution is 8.03. The molecule has 0 unspecified atom stereocenters. The molecular formula is C9H8S. The summed E-state index contributed by atoms with van der Waals surface area (Å²) in [6.07, 6.45) is 12.8. The van der Waals surface area contributed by atoms with E-state index in [1.54, 1.807) is 0 Å². The Balaban J connectivity index is 2.39. The van der Waals surface area contributed by atoms with E-state index in [1.165, 1.54) is 10.5 Å².